The van der Waals surface area contributed by atoms with E-state index >= 15 is 0 Å². The van der Waals surface area contributed by atoms with Gasteiger partial charge in [-0.1, -0.05) is 25.6 Å². The van der Waals surface area contributed by atoms with E-state index < -0.39 is 0 Å². The molecule has 0 aromatic carbocycles. The van der Waals surface area contributed by atoms with E-state index in [4.69, 9.17) is 5.73 Å². The molecular formula is C10H17N3OS. The Bertz CT molecular complexity index is 281. The quantitative estimate of drug-likeness (QED) is 0.578. The highest BCUT2D eigenvalue weighted by atomic mass is 32.2. The number of thioether (sulfide) groups is 1. The average Bonchev–Trinajstić information content (AvgIpc) is 2.26. The minimum Gasteiger partial charge on any atom is -0.395 e. The number of rotatable bonds is 5. The van der Waals surface area contributed by atoms with Crippen LogP contribution in [0.2, 0.25) is 0 Å². The summed E-state index contributed by atoms with van der Waals surface area (Å²) in [6.07, 6.45) is 3.37. The number of nitrogens with two attached hydrogens (primary N) is 1. The lowest BCUT2D eigenvalue weighted by Crippen LogP contribution is -2.39. The number of hydrogen-bond acceptors (Lipinski definition) is 5. The van der Waals surface area contributed by atoms with Gasteiger partial charge in [0.05, 0.1) is 11.9 Å². The van der Waals surface area contributed by atoms with Crippen molar-refractivity contribution in [2.24, 2.45) is 11.7 Å². The molecule has 0 aliphatic heterocycles. The highest BCUT2D eigenvalue weighted by molar-refractivity contribution is 7.99. The Morgan fingerprint density at radius 1 is 1.40 bits per heavy atom. The van der Waals surface area contributed by atoms with Crippen molar-refractivity contribution in [3.8, 4) is 0 Å². The summed E-state index contributed by atoms with van der Waals surface area (Å²) in [5.74, 6) is 0.332. The molecule has 0 amide bonds. The maximum Gasteiger partial charge on any atom is 0.187 e. The standard InChI is InChI=1S/C10H17N3OS/c1-7(2)9(11)8(6-14)15-10-12-4-3-5-13-10/h3-5,7-9,14H,6,11H2,1-2H3. The van der Waals surface area contributed by atoms with Crippen LogP contribution >= 0.6 is 11.8 Å². The van der Waals surface area contributed by atoms with Crippen LogP contribution in [-0.4, -0.2) is 33.0 Å². The molecule has 4 nitrogen and oxygen atoms in total. The number of nitrogens with zero attached hydrogens (tertiary/aromatic N) is 2. The normalized spacial score (nSPS) is 15.3. The Balaban J connectivity index is 2.62. The average molecular weight is 227 g/mol. The van der Waals surface area contributed by atoms with Gasteiger partial charge in [0.2, 0.25) is 0 Å². The van der Waals surface area contributed by atoms with E-state index in [0.717, 1.165) is 0 Å². The fourth-order valence-corrected chi connectivity index (χ4v) is 2.21. The highest BCUT2D eigenvalue weighted by Gasteiger charge is 2.22. The van der Waals surface area contributed by atoms with Gasteiger partial charge in [-0.3, -0.25) is 0 Å². The van der Waals surface area contributed by atoms with Crippen LogP contribution in [-0.2, 0) is 0 Å². The van der Waals surface area contributed by atoms with Gasteiger partial charge in [-0.2, -0.15) is 0 Å². The molecule has 3 N–H and O–H groups in total. The smallest absolute Gasteiger partial charge is 0.187 e. The van der Waals surface area contributed by atoms with E-state index in [0.29, 0.717) is 11.1 Å². The van der Waals surface area contributed by atoms with E-state index in [1.54, 1.807) is 18.5 Å². The molecule has 1 rings (SSSR count). The fourth-order valence-electron chi connectivity index (χ4n) is 1.15. The lowest BCUT2D eigenvalue weighted by atomic mass is 10.0. The summed E-state index contributed by atoms with van der Waals surface area (Å²) in [5.41, 5.74) is 5.98. The molecule has 2 unspecified atom stereocenters. The summed E-state index contributed by atoms with van der Waals surface area (Å²) in [7, 11) is 0. The van der Waals surface area contributed by atoms with Gasteiger partial charge in [0.25, 0.3) is 0 Å². The van der Waals surface area contributed by atoms with E-state index in [1.807, 2.05) is 13.8 Å². The van der Waals surface area contributed by atoms with Gasteiger partial charge >= 0.3 is 0 Å². The zero-order valence-corrected chi connectivity index (χ0v) is 9.81. The summed E-state index contributed by atoms with van der Waals surface area (Å²) in [4.78, 5) is 8.19. The van der Waals surface area contributed by atoms with Crippen molar-refractivity contribution in [2.75, 3.05) is 6.61 Å². The molecule has 0 saturated carbocycles. The van der Waals surface area contributed by atoms with Gasteiger partial charge < -0.3 is 10.8 Å². The van der Waals surface area contributed by atoms with E-state index in [2.05, 4.69) is 9.97 Å². The molecule has 1 heterocycles. The van der Waals surface area contributed by atoms with E-state index in [-0.39, 0.29) is 17.9 Å². The Hall–Kier alpha value is -0.650. The van der Waals surface area contributed by atoms with Crippen LogP contribution in [0.1, 0.15) is 13.8 Å². The van der Waals surface area contributed by atoms with Crippen molar-refractivity contribution in [1.82, 2.24) is 9.97 Å². The molecule has 0 aliphatic carbocycles. The second kappa shape index (κ2) is 6.05. The minimum absolute atomic E-state index is 0.0439. The van der Waals surface area contributed by atoms with E-state index in [9.17, 15) is 5.11 Å². The largest absolute Gasteiger partial charge is 0.395 e. The first kappa shape index (κ1) is 12.4. The second-order valence-corrected chi connectivity index (χ2v) is 4.90. The van der Waals surface area contributed by atoms with Crippen molar-refractivity contribution in [1.29, 1.82) is 0 Å². The monoisotopic (exact) mass is 227 g/mol. The molecule has 0 bridgehead atoms. The predicted molar refractivity (Wildman–Crippen MR) is 61.6 cm³/mol. The van der Waals surface area contributed by atoms with Crippen molar-refractivity contribution < 1.29 is 5.11 Å². The third-order valence-corrected chi connectivity index (χ3v) is 3.37. The molecule has 15 heavy (non-hydrogen) atoms. The molecule has 1 aromatic rings. The number of aliphatic hydroxyl groups is 1. The molecule has 2 atom stereocenters. The summed E-state index contributed by atoms with van der Waals surface area (Å²) in [6.45, 7) is 4.13. The van der Waals surface area contributed by atoms with Gasteiger partial charge in [-0.15, -0.1) is 0 Å². The summed E-state index contributed by atoms with van der Waals surface area (Å²) < 4.78 is 0. The molecule has 0 saturated heterocycles. The highest BCUT2D eigenvalue weighted by Crippen LogP contribution is 2.23. The van der Waals surface area contributed by atoms with Crippen LogP contribution in [0.3, 0.4) is 0 Å². The summed E-state index contributed by atoms with van der Waals surface area (Å²) >= 11 is 1.43. The van der Waals surface area contributed by atoms with E-state index in [1.165, 1.54) is 11.8 Å². The second-order valence-electron chi connectivity index (χ2n) is 3.69. The zero-order chi connectivity index (χ0) is 11.3. The zero-order valence-electron chi connectivity index (χ0n) is 9.00. The third kappa shape index (κ3) is 3.77. The maximum absolute atomic E-state index is 9.25. The Morgan fingerprint density at radius 3 is 2.47 bits per heavy atom. The molecular weight excluding hydrogens is 210 g/mol. The Labute approximate surface area is 94.3 Å². The van der Waals surface area contributed by atoms with Crippen molar-refractivity contribution in [3.05, 3.63) is 18.5 Å². The summed E-state index contributed by atoms with van der Waals surface area (Å²) in [5, 5.41) is 9.86. The molecule has 0 aliphatic rings. The first-order chi connectivity index (χ1) is 7.15. The maximum atomic E-state index is 9.25. The van der Waals surface area contributed by atoms with Crippen molar-refractivity contribution >= 4 is 11.8 Å². The molecule has 0 spiro atoms. The number of hydrogen-bond donors (Lipinski definition) is 2. The van der Waals surface area contributed by atoms with Crippen LogP contribution in [0, 0.1) is 5.92 Å². The first-order valence-electron chi connectivity index (χ1n) is 4.95. The van der Waals surface area contributed by atoms with Crippen LogP contribution < -0.4 is 5.73 Å². The molecule has 84 valence electrons. The van der Waals surface area contributed by atoms with Crippen molar-refractivity contribution in [2.45, 2.75) is 30.3 Å². The molecule has 1 aromatic heterocycles. The van der Waals surface area contributed by atoms with Crippen LogP contribution in [0.4, 0.5) is 0 Å². The molecule has 5 heteroatoms. The molecule has 0 fully saturated rings. The Morgan fingerprint density at radius 2 is 2.00 bits per heavy atom. The van der Waals surface area contributed by atoms with Gasteiger partial charge in [-0.05, 0) is 12.0 Å². The minimum atomic E-state index is -0.0520. The van der Waals surface area contributed by atoms with Crippen LogP contribution in [0.25, 0.3) is 0 Å². The first-order valence-corrected chi connectivity index (χ1v) is 5.83. The van der Waals surface area contributed by atoms with Gasteiger partial charge in [-0.25, -0.2) is 9.97 Å². The Kier molecular flexibility index (Phi) is 5.01. The van der Waals surface area contributed by atoms with Gasteiger partial charge in [0, 0.05) is 18.4 Å². The fraction of sp³-hybridized carbons (Fsp3) is 0.600. The topological polar surface area (TPSA) is 72.0 Å². The number of aliphatic hydroxyl groups excluding tert-OH is 1. The van der Waals surface area contributed by atoms with Crippen LogP contribution in [0.5, 0.6) is 0 Å². The SMILES string of the molecule is CC(C)C(N)C(CO)Sc1ncccn1. The number of aromatic nitrogens is 2. The van der Waals surface area contributed by atoms with Gasteiger partial charge in [0.1, 0.15) is 0 Å². The van der Waals surface area contributed by atoms with Gasteiger partial charge in [0.15, 0.2) is 5.16 Å². The van der Waals surface area contributed by atoms with Crippen molar-refractivity contribution in [3.63, 3.8) is 0 Å². The lowest BCUT2D eigenvalue weighted by Gasteiger charge is -2.23. The molecule has 0 radical (unpaired) electrons. The predicted octanol–water partition coefficient (Wildman–Crippen LogP) is 0.913. The summed E-state index contributed by atoms with van der Waals surface area (Å²) in [6, 6.07) is 1.71. The van der Waals surface area contributed by atoms with Crippen LogP contribution in [0.15, 0.2) is 23.6 Å². The lowest BCUT2D eigenvalue weighted by molar-refractivity contribution is 0.269. The third-order valence-electron chi connectivity index (χ3n) is 2.18.